The maximum absolute atomic E-state index is 8.86. The molecule has 0 fully saturated rings. The van der Waals surface area contributed by atoms with Crippen LogP contribution in [0.5, 0.6) is 0 Å². The lowest BCUT2D eigenvalue weighted by atomic mass is 10.1. The SMILES string of the molecule is C/C=C(/CN)[C@@H](C)O. The molecule has 0 aromatic heterocycles. The van der Waals surface area contributed by atoms with Gasteiger partial charge in [0.05, 0.1) is 6.10 Å². The molecule has 0 aromatic rings. The lowest BCUT2D eigenvalue weighted by Gasteiger charge is -2.04. The van der Waals surface area contributed by atoms with Crippen molar-refractivity contribution in [1.29, 1.82) is 0 Å². The average Bonchev–Trinajstić information content (AvgIpc) is 1.69. The van der Waals surface area contributed by atoms with Crippen LogP contribution in [0, 0.1) is 0 Å². The van der Waals surface area contributed by atoms with Crippen molar-refractivity contribution in [3.05, 3.63) is 11.6 Å². The fraction of sp³-hybridized carbons (Fsp3) is 0.667. The van der Waals surface area contributed by atoms with Crippen molar-refractivity contribution in [3.63, 3.8) is 0 Å². The minimum atomic E-state index is -0.384. The van der Waals surface area contributed by atoms with Crippen molar-refractivity contribution in [3.8, 4) is 0 Å². The van der Waals surface area contributed by atoms with E-state index in [4.69, 9.17) is 10.8 Å². The second-order valence-corrected chi connectivity index (χ2v) is 1.74. The van der Waals surface area contributed by atoms with Gasteiger partial charge in [-0.25, -0.2) is 0 Å². The van der Waals surface area contributed by atoms with Crippen LogP contribution in [0.4, 0.5) is 0 Å². The van der Waals surface area contributed by atoms with Crippen molar-refractivity contribution in [1.82, 2.24) is 0 Å². The minimum absolute atomic E-state index is 0.384. The van der Waals surface area contributed by atoms with Crippen LogP contribution in [0.2, 0.25) is 0 Å². The van der Waals surface area contributed by atoms with Gasteiger partial charge in [-0.2, -0.15) is 0 Å². The molecular weight excluding hydrogens is 102 g/mol. The predicted octanol–water partition coefficient (Wildman–Crippen LogP) is 0.272. The summed E-state index contributed by atoms with van der Waals surface area (Å²) in [6.07, 6.45) is 1.45. The summed E-state index contributed by atoms with van der Waals surface area (Å²) in [7, 11) is 0. The molecule has 0 aliphatic heterocycles. The summed E-state index contributed by atoms with van der Waals surface area (Å²) < 4.78 is 0. The highest BCUT2D eigenvalue weighted by molar-refractivity contribution is 5.06. The monoisotopic (exact) mass is 115 g/mol. The van der Waals surface area contributed by atoms with E-state index in [0.717, 1.165) is 5.57 Å². The summed E-state index contributed by atoms with van der Waals surface area (Å²) >= 11 is 0. The number of hydrogen-bond acceptors (Lipinski definition) is 2. The average molecular weight is 115 g/mol. The summed E-state index contributed by atoms with van der Waals surface area (Å²) in [4.78, 5) is 0. The Balaban J connectivity index is 3.72. The van der Waals surface area contributed by atoms with E-state index in [1.54, 1.807) is 6.92 Å². The molecule has 0 amide bonds. The van der Waals surface area contributed by atoms with E-state index in [0.29, 0.717) is 6.54 Å². The van der Waals surface area contributed by atoms with Gasteiger partial charge in [-0.3, -0.25) is 0 Å². The molecule has 0 saturated carbocycles. The van der Waals surface area contributed by atoms with Crippen LogP contribution >= 0.6 is 0 Å². The molecule has 0 aromatic carbocycles. The van der Waals surface area contributed by atoms with Gasteiger partial charge in [-0.05, 0) is 19.4 Å². The van der Waals surface area contributed by atoms with Crippen LogP contribution < -0.4 is 5.73 Å². The van der Waals surface area contributed by atoms with Gasteiger partial charge in [-0.15, -0.1) is 0 Å². The number of hydrogen-bond donors (Lipinski definition) is 2. The van der Waals surface area contributed by atoms with Gasteiger partial charge < -0.3 is 10.8 Å². The quantitative estimate of drug-likeness (QED) is 0.507. The Bertz CT molecular complexity index is 86.5. The van der Waals surface area contributed by atoms with Crippen molar-refractivity contribution < 1.29 is 5.11 Å². The largest absolute Gasteiger partial charge is 0.389 e. The summed E-state index contributed by atoms with van der Waals surface area (Å²) in [5, 5.41) is 8.86. The molecule has 0 radical (unpaired) electrons. The number of nitrogens with two attached hydrogens (primary N) is 1. The zero-order chi connectivity index (χ0) is 6.57. The molecule has 2 nitrogen and oxygen atoms in total. The number of allylic oxidation sites excluding steroid dienone is 1. The second-order valence-electron chi connectivity index (χ2n) is 1.74. The third kappa shape index (κ3) is 2.09. The topological polar surface area (TPSA) is 46.2 Å². The van der Waals surface area contributed by atoms with Gasteiger partial charge in [0.25, 0.3) is 0 Å². The van der Waals surface area contributed by atoms with Crippen molar-refractivity contribution >= 4 is 0 Å². The van der Waals surface area contributed by atoms with E-state index in [1.165, 1.54) is 0 Å². The lowest BCUT2D eigenvalue weighted by Crippen LogP contribution is -2.13. The molecular formula is C6H13NO. The molecule has 0 aliphatic carbocycles. The first-order chi connectivity index (χ1) is 3.72. The molecule has 1 atom stereocenters. The maximum Gasteiger partial charge on any atom is 0.0734 e. The molecule has 0 aliphatic rings. The minimum Gasteiger partial charge on any atom is -0.389 e. The van der Waals surface area contributed by atoms with Crippen LogP contribution in [0.15, 0.2) is 11.6 Å². The van der Waals surface area contributed by atoms with Crippen molar-refractivity contribution in [2.75, 3.05) is 6.54 Å². The highest BCUT2D eigenvalue weighted by Crippen LogP contribution is 1.96. The van der Waals surface area contributed by atoms with Gasteiger partial charge in [0.2, 0.25) is 0 Å². The fourth-order valence-corrected chi connectivity index (χ4v) is 0.530. The number of aliphatic hydroxyl groups is 1. The molecule has 0 heterocycles. The molecule has 0 rings (SSSR count). The Morgan fingerprint density at radius 1 is 1.88 bits per heavy atom. The third-order valence-electron chi connectivity index (χ3n) is 1.14. The Morgan fingerprint density at radius 3 is 2.38 bits per heavy atom. The molecule has 0 bridgehead atoms. The van der Waals surface area contributed by atoms with Crippen LogP contribution in [0.3, 0.4) is 0 Å². The van der Waals surface area contributed by atoms with Crippen LogP contribution in [0.1, 0.15) is 13.8 Å². The number of rotatable bonds is 2. The molecule has 8 heavy (non-hydrogen) atoms. The summed E-state index contributed by atoms with van der Waals surface area (Å²) in [5.74, 6) is 0. The molecule has 3 N–H and O–H groups in total. The Kier molecular flexibility index (Phi) is 3.48. The molecule has 2 heteroatoms. The zero-order valence-corrected chi connectivity index (χ0v) is 5.39. The van der Waals surface area contributed by atoms with E-state index in [9.17, 15) is 0 Å². The predicted molar refractivity (Wildman–Crippen MR) is 34.5 cm³/mol. The van der Waals surface area contributed by atoms with E-state index in [2.05, 4.69) is 0 Å². The zero-order valence-electron chi connectivity index (χ0n) is 5.39. The van der Waals surface area contributed by atoms with E-state index < -0.39 is 0 Å². The summed E-state index contributed by atoms with van der Waals surface area (Å²) in [6, 6.07) is 0. The van der Waals surface area contributed by atoms with Gasteiger partial charge in [0.15, 0.2) is 0 Å². The first-order valence-electron chi connectivity index (χ1n) is 2.75. The van der Waals surface area contributed by atoms with E-state index in [-0.39, 0.29) is 6.10 Å². The highest BCUT2D eigenvalue weighted by atomic mass is 16.3. The first-order valence-corrected chi connectivity index (χ1v) is 2.75. The highest BCUT2D eigenvalue weighted by Gasteiger charge is 1.97. The second kappa shape index (κ2) is 3.64. The Hall–Kier alpha value is -0.340. The summed E-state index contributed by atoms with van der Waals surface area (Å²) in [5.41, 5.74) is 6.15. The van der Waals surface area contributed by atoms with Crippen LogP contribution in [-0.2, 0) is 0 Å². The summed E-state index contributed by atoms with van der Waals surface area (Å²) in [6.45, 7) is 4.03. The van der Waals surface area contributed by atoms with Crippen molar-refractivity contribution in [2.24, 2.45) is 5.73 Å². The smallest absolute Gasteiger partial charge is 0.0734 e. The molecule has 0 saturated heterocycles. The molecule has 0 spiro atoms. The first kappa shape index (κ1) is 7.66. The van der Waals surface area contributed by atoms with E-state index in [1.807, 2.05) is 13.0 Å². The number of aliphatic hydroxyl groups excluding tert-OH is 1. The molecule has 48 valence electrons. The van der Waals surface area contributed by atoms with Gasteiger partial charge in [0, 0.05) is 6.54 Å². The van der Waals surface area contributed by atoms with Crippen molar-refractivity contribution in [2.45, 2.75) is 20.0 Å². The van der Waals surface area contributed by atoms with Crippen LogP contribution in [-0.4, -0.2) is 17.8 Å². The standard InChI is InChI=1S/C6H13NO/c1-3-6(4-7)5(2)8/h3,5,8H,4,7H2,1-2H3/b6-3-/t5-/m1/s1. The molecule has 0 unspecified atom stereocenters. The maximum atomic E-state index is 8.86. The Morgan fingerprint density at radius 2 is 2.38 bits per heavy atom. The Labute approximate surface area is 50.0 Å². The van der Waals surface area contributed by atoms with Crippen LogP contribution in [0.25, 0.3) is 0 Å². The normalized spacial score (nSPS) is 16.2. The van der Waals surface area contributed by atoms with Gasteiger partial charge in [-0.1, -0.05) is 6.08 Å². The fourth-order valence-electron chi connectivity index (χ4n) is 0.530. The van der Waals surface area contributed by atoms with Gasteiger partial charge >= 0.3 is 0 Å². The van der Waals surface area contributed by atoms with E-state index >= 15 is 0 Å². The lowest BCUT2D eigenvalue weighted by molar-refractivity contribution is 0.229. The van der Waals surface area contributed by atoms with Gasteiger partial charge in [0.1, 0.15) is 0 Å². The third-order valence-corrected chi connectivity index (χ3v) is 1.14.